The maximum Gasteiger partial charge on any atom is 0.332 e. The number of fused-ring (bicyclic) bond motifs is 1. The van der Waals surface area contributed by atoms with Crippen molar-refractivity contribution in [1.82, 2.24) is 24.8 Å². The van der Waals surface area contributed by atoms with Crippen LogP contribution in [0.5, 0.6) is 0 Å². The molecule has 1 aliphatic rings. The first-order valence-electron chi connectivity index (χ1n) is 6.20. The highest BCUT2D eigenvalue weighted by atomic mass is 16.5. The number of carbonyl (C=O) groups is 1. The van der Waals surface area contributed by atoms with Gasteiger partial charge >= 0.3 is 5.97 Å². The Bertz CT molecular complexity index is 721. The second-order valence-corrected chi connectivity index (χ2v) is 4.74. The first-order valence-corrected chi connectivity index (χ1v) is 6.20. The molecule has 0 amide bonds. The third-order valence-corrected chi connectivity index (χ3v) is 3.38. The van der Waals surface area contributed by atoms with E-state index in [1.807, 2.05) is 0 Å². The van der Waals surface area contributed by atoms with Gasteiger partial charge in [0.2, 0.25) is 0 Å². The number of hydrogen-bond acceptors (Lipinski definition) is 6. The van der Waals surface area contributed by atoms with Crippen LogP contribution in [0.4, 0.5) is 0 Å². The van der Waals surface area contributed by atoms with Gasteiger partial charge in [0.15, 0.2) is 11.8 Å². The molecule has 2 unspecified atom stereocenters. The van der Waals surface area contributed by atoms with Crippen LogP contribution in [0.3, 0.4) is 0 Å². The van der Waals surface area contributed by atoms with Crippen molar-refractivity contribution in [1.29, 1.82) is 0 Å². The van der Waals surface area contributed by atoms with E-state index >= 15 is 0 Å². The molecule has 0 saturated carbocycles. The van der Waals surface area contributed by atoms with Crippen LogP contribution in [0.2, 0.25) is 0 Å². The highest BCUT2D eigenvalue weighted by Gasteiger charge is 2.31. The second-order valence-electron chi connectivity index (χ2n) is 4.74. The molecular weight excluding hydrogens is 266 g/mol. The van der Waals surface area contributed by atoms with E-state index in [0.717, 1.165) is 0 Å². The van der Waals surface area contributed by atoms with Gasteiger partial charge in [-0.1, -0.05) is 5.21 Å². The summed E-state index contributed by atoms with van der Waals surface area (Å²) < 4.78 is 8.02. The summed E-state index contributed by atoms with van der Waals surface area (Å²) >= 11 is 0. The minimum atomic E-state index is -0.978. The molecule has 0 aliphatic carbocycles. The maximum atomic E-state index is 12.2. The van der Waals surface area contributed by atoms with Gasteiger partial charge in [-0.15, -0.1) is 5.10 Å². The molecule has 3 rings (SSSR count). The average Bonchev–Trinajstić information content (AvgIpc) is 3.01. The fourth-order valence-electron chi connectivity index (χ4n) is 2.31. The standard InChI is InChI=1S/C11H13N5O4/c1-15-9-7(4-12-15)10(17)16(14-13-9)5-6-2-3-8(20-6)11(18)19/h4,6,8H,2-3,5H2,1H3,(H,18,19). The molecule has 2 aromatic heterocycles. The van der Waals surface area contributed by atoms with E-state index in [4.69, 9.17) is 9.84 Å². The zero-order valence-corrected chi connectivity index (χ0v) is 10.8. The van der Waals surface area contributed by atoms with Crippen LogP contribution in [-0.4, -0.2) is 48.1 Å². The molecule has 2 atom stereocenters. The Kier molecular flexibility index (Phi) is 2.97. The van der Waals surface area contributed by atoms with Gasteiger partial charge < -0.3 is 9.84 Å². The van der Waals surface area contributed by atoms with Crippen LogP contribution in [0.25, 0.3) is 11.0 Å². The fraction of sp³-hybridized carbons (Fsp3) is 0.545. The van der Waals surface area contributed by atoms with Crippen molar-refractivity contribution in [3.8, 4) is 0 Å². The number of hydrogen-bond donors (Lipinski definition) is 1. The smallest absolute Gasteiger partial charge is 0.332 e. The quantitative estimate of drug-likeness (QED) is 0.779. The molecule has 2 aromatic rings. The van der Waals surface area contributed by atoms with Crippen molar-refractivity contribution in [3.05, 3.63) is 16.6 Å². The van der Waals surface area contributed by atoms with Crippen LogP contribution in [0.1, 0.15) is 12.8 Å². The van der Waals surface area contributed by atoms with Crippen molar-refractivity contribution in [2.24, 2.45) is 7.05 Å². The Balaban J connectivity index is 1.84. The van der Waals surface area contributed by atoms with Crippen molar-refractivity contribution in [2.75, 3.05) is 0 Å². The van der Waals surface area contributed by atoms with Gasteiger partial charge in [0.25, 0.3) is 5.56 Å². The molecule has 1 aliphatic heterocycles. The molecule has 106 valence electrons. The minimum Gasteiger partial charge on any atom is -0.479 e. The summed E-state index contributed by atoms with van der Waals surface area (Å²) in [7, 11) is 1.68. The number of aryl methyl sites for hydroxylation is 1. The Labute approximate surface area is 112 Å². The minimum absolute atomic E-state index is 0.195. The number of aromatic nitrogens is 5. The molecule has 1 N–H and O–H groups in total. The summed E-state index contributed by atoms with van der Waals surface area (Å²) in [6.45, 7) is 0.195. The first-order chi connectivity index (χ1) is 9.56. The lowest BCUT2D eigenvalue weighted by Gasteiger charge is -2.11. The Morgan fingerprint density at radius 2 is 2.35 bits per heavy atom. The van der Waals surface area contributed by atoms with Gasteiger partial charge in [-0.3, -0.25) is 4.79 Å². The normalized spacial score (nSPS) is 22.4. The number of ether oxygens (including phenoxy) is 1. The molecule has 0 bridgehead atoms. The largest absolute Gasteiger partial charge is 0.479 e. The number of aliphatic carboxylic acids is 1. The SMILES string of the molecule is Cn1ncc2c(=O)n(CC3CCC(C(=O)O)O3)nnc21. The molecule has 0 spiro atoms. The summed E-state index contributed by atoms with van der Waals surface area (Å²) in [6, 6.07) is 0. The van der Waals surface area contributed by atoms with Gasteiger partial charge in [-0.05, 0) is 12.8 Å². The first kappa shape index (κ1) is 12.7. The van der Waals surface area contributed by atoms with Crippen molar-refractivity contribution in [2.45, 2.75) is 31.6 Å². The summed E-state index contributed by atoms with van der Waals surface area (Å²) in [6.07, 6.45) is 1.33. The Hall–Kier alpha value is -2.29. The summed E-state index contributed by atoms with van der Waals surface area (Å²) in [4.78, 5) is 23.0. The van der Waals surface area contributed by atoms with Crippen LogP contribution >= 0.6 is 0 Å². The fourth-order valence-corrected chi connectivity index (χ4v) is 2.31. The van der Waals surface area contributed by atoms with Gasteiger partial charge in [0, 0.05) is 7.05 Å². The molecule has 3 heterocycles. The van der Waals surface area contributed by atoms with Gasteiger partial charge in [0.05, 0.1) is 18.8 Å². The van der Waals surface area contributed by atoms with E-state index < -0.39 is 12.1 Å². The van der Waals surface area contributed by atoms with E-state index in [1.165, 1.54) is 15.6 Å². The van der Waals surface area contributed by atoms with Crippen LogP contribution in [0.15, 0.2) is 11.0 Å². The van der Waals surface area contributed by atoms with E-state index in [-0.39, 0.29) is 18.2 Å². The van der Waals surface area contributed by atoms with Crippen LogP contribution in [-0.2, 0) is 23.1 Å². The number of carboxylic acid groups (broad SMARTS) is 1. The van der Waals surface area contributed by atoms with Crippen molar-refractivity contribution < 1.29 is 14.6 Å². The molecule has 0 aromatic carbocycles. The molecule has 20 heavy (non-hydrogen) atoms. The second kappa shape index (κ2) is 4.67. The topological polar surface area (TPSA) is 112 Å². The predicted molar refractivity (Wildman–Crippen MR) is 66.1 cm³/mol. The third kappa shape index (κ3) is 2.05. The number of rotatable bonds is 3. The zero-order valence-electron chi connectivity index (χ0n) is 10.8. The number of carboxylic acids is 1. The highest BCUT2D eigenvalue weighted by molar-refractivity contribution is 5.72. The van der Waals surface area contributed by atoms with Crippen molar-refractivity contribution in [3.63, 3.8) is 0 Å². The lowest BCUT2D eigenvalue weighted by Crippen LogP contribution is -2.30. The summed E-state index contributed by atoms with van der Waals surface area (Å²) in [5, 5.41) is 21.0. The van der Waals surface area contributed by atoms with E-state index in [1.54, 1.807) is 7.05 Å². The number of nitrogens with zero attached hydrogens (tertiary/aromatic N) is 5. The zero-order chi connectivity index (χ0) is 14.3. The Morgan fingerprint density at radius 3 is 3.05 bits per heavy atom. The van der Waals surface area contributed by atoms with E-state index in [0.29, 0.717) is 23.9 Å². The molecule has 1 fully saturated rings. The van der Waals surface area contributed by atoms with E-state index in [9.17, 15) is 9.59 Å². The average molecular weight is 279 g/mol. The highest BCUT2D eigenvalue weighted by Crippen LogP contribution is 2.20. The molecular formula is C11H13N5O4. The Morgan fingerprint density at radius 1 is 1.55 bits per heavy atom. The van der Waals surface area contributed by atoms with Gasteiger partial charge in [0.1, 0.15) is 5.39 Å². The van der Waals surface area contributed by atoms with Gasteiger partial charge in [-0.25, -0.2) is 14.2 Å². The molecule has 1 saturated heterocycles. The summed E-state index contributed by atoms with van der Waals surface area (Å²) in [5.74, 6) is -0.978. The predicted octanol–water partition coefficient (Wildman–Crippen LogP) is -0.843. The lowest BCUT2D eigenvalue weighted by atomic mass is 10.2. The molecule has 0 radical (unpaired) electrons. The van der Waals surface area contributed by atoms with Gasteiger partial charge in [-0.2, -0.15) is 5.10 Å². The summed E-state index contributed by atoms with van der Waals surface area (Å²) in [5.41, 5.74) is 0.118. The third-order valence-electron chi connectivity index (χ3n) is 3.38. The van der Waals surface area contributed by atoms with Crippen molar-refractivity contribution >= 4 is 17.0 Å². The molecule has 9 heteroatoms. The molecule has 9 nitrogen and oxygen atoms in total. The maximum absolute atomic E-state index is 12.2. The lowest BCUT2D eigenvalue weighted by molar-refractivity contribution is -0.149. The van der Waals surface area contributed by atoms with Crippen LogP contribution < -0.4 is 5.56 Å². The monoisotopic (exact) mass is 279 g/mol. The van der Waals surface area contributed by atoms with E-state index in [2.05, 4.69) is 15.4 Å². The van der Waals surface area contributed by atoms with Crippen LogP contribution in [0, 0.1) is 0 Å².